The number of aromatic nitrogens is 7. The minimum Gasteiger partial charge on any atom is -0.392 e. The Hall–Kier alpha value is -4.97. The van der Waals surface area contributed by atoms with E-state index in [-0.39, 0.29) is 35.9 Å². The van der Waals surface area contributed by atoms with Gasteiger partial charge in [0.1, 0.15) is 12.1 Å². The maximum absolute atomic E-state index is 12.7. The van der Waals surface area contributed by atoms with Gasteiger partial charge in [-0.15, -0.1) is 10.2 Å². The van der Waals surface area contributed by atoms with Crippen LogP contribution >= 0.6 is 0 Å². The molecule has 5 heterocycles. The zero-order valence-electron chi connectivity index (χ0n) is 21.8. The average Bonchev–Trinajstić information content (AvgIpc) is 3.68. The Morgan fingerprint density at radius 1 is 1.12 bits per heavy atom. The lowest BCUT2D eigenvalue weighted by Crippen LogP contribution is -2.39. The van der Waals surface area contributed by atoms with Crippen molar-refractivity contribution in [2.24, 2.45) is 0 Å². The number of benzene rings is 1. The summed E-state index contributed by atoms with van der Waals surface area (Å²) in [5.74, 6) is -0.00865. The Morgan fingerprint density at radius 2 is 1.95 bits per heavy atom. The molecular weight excluding hydrogens is 510 g/mol. The van der Waals surface area contributed by atoms with Crippen molar-refractivity contribution in [3.8, 4) is 22.4 Å². The largest absolute Gasteiger partial charge is 0.392 e. The number of hydrogen-bond donors (Lipinski definition) is 3. The summed E-state index contributed by atoms with van der Waals surface area (Å²) in [6.45, 7) is 2.42. The molecule has 6 rings (SSSR count). The first kappa shape index (κ1) is 25.3. The Bertz CT molecular complexity index is 1700. The van der Waals surface area contributed by atoms with Crippen LogP contribution in [0.5, 0.6) is 0 Å². The van der Waals surface area contributed by atoms with E-state index in [1.165, 1.54) is 17.8 Å². The molecule has 1 fully saturated rings. The van der Waals surface area contributed by atoms with Crippen LogP contribution < -0.4 is 5.73 Å². The molecule has 4 aromatic heterocycles. The molecule has 0 spiro atoms. The zero-order chi connectivity index (χ0) is 27.8. The molecule has 0 aliphatic carbocycles. The third-order valence-corrected chi connectivity index (χ3v) is 7.33. The van der Waals surface area contributed by atoms with Crippen molar-refractivity contribution in [1.82, 2.24) is 39.7 Å². The normalized spacial score (nSPS) is 14.1. The Morgan fingerprint density at radius 3 is 2.62 bits per heavy atom. The van der Waals surface area contributed by atoms with Gasteiger partial charge in [0.2, 0.25) is 5.82 Å². The predicted molar refractivity (Wildman–Crippen MR) is 146 cm³/mol. The molecule has 12 nitrogen and oxygen atoms in total. The number of carbonyl (C=O) groups is 2. The highest BCUT2D eigenvalue weighted by Gasteiger charge is 2.31. The van der Waals surface area contributed by atoms with E-state index in [4.69, 9.17) is 10.7 Å². The molecule has 12 heteroatoms. The number of carbonyl (C=O) groups excluding carboxylic acids is 2. The van der Waals surface area contributed by atoms with Crippen LogP contribution in [0.15, 0.2) is 55.1 Å². The van der Waals surface area contributed by atoms with E-state index >= 15 is 0 Å². The van der Waals surface area contributed by atoms with Crippen LogP contribution in [0.3, 0.4) is 0 Å². The SMILES string of the molecule is CC(=O)c1c(C2CCN(C(=O)c3nnc[nH]3)CC2)nc2c(-c3ccc(-c4cccc(CO)c4)nc3)cnn2c1N. The number of anilines is 1. The fourth-order valence-corrected chi connectivity index (χ4v) is 5.26. The number of fused-ring (bicyclic) bond motifs is 1. The van der Waals surface area contributed by atoms with Crippen molar-refractivity contribution >= 4 is 23.2 Å². The van der Waals surface area contributed by atoms with Crippen molar-refractivity contribution in [2.45, 2.75) is 32.3 Å². The summed E-state index contributed by atoms with van der Waals surface area (Å²) in [5, 5.41) is 21.4. The second kappa shape index (κ2) is 10.3. The molecule has 1 aromatic carbocycles. The maximum atomic E-state index is 12.7. The number of nitrogens with two attached hydrogens (primary N) is 1. The number of piperidine rings is 1. The summed E-state index contributed by atoms with van der Waals surface area (Å²) < 4.78 is 1.50. The van der Waals surface area contributed by atoms with Gasteiger partial charge in [0.15, 0.2) is 11.4 Å². The maximum Gasteiger partial charge on any atom is 0.291 e. The number of nitrogens with one attached hydrogen (secondary N) is 1. The Balaban J connectivity index is 1.33. The third kappa shape index (κ3) is 4.47. The smallest absolute Gasteiger partial charge is 0.291 e. The number of rotatable bonds is 6. The molecule has 1 amide bonds. The molecule has 1 aliphatic rings. The lowest BCUT2D eigenvalue weighted by Gasteiger charge is -2.32. The second-order valence-electron chi connectivity index (χ2n) is 9.80. The number of H-pyrrole nitrogens is 1. The van der Waals surface area contributed by atoms with E-state index in [0.717, 1.165) is 27.9 Å². The zero-order valence-corrected chi connectivity index (χ0v) is 21.8. The third-order valence-electron chi connectivity index (χ3n) is 7.33. The Kier molecular flexibility index (Phi) is 6.52. The van der Waals surface area contributed by atoms with Gasteiger partial charge >= 0.3 is 0 Å². The van der Waals surface area contributed by atoms with Gasteiger partial charge in [0.25, 0.3) is 5.91 Å². The van der Waals surface area contributed by atoms with Crippen LogP contribution in [0.1, 0.15) is 57.9 Å². The van der Waals surface area contributed by atoms with Crippen molar-refractivity contribution in [3.63, 3.8) is 0 Å². The fraction of sp³-hybridized carbons (Fsp3) is 0.250. The van der Waals surface area contributed by atoms with Crippen LogP contribution in [-0.2, 0) is 6.61 Å². The molecule has 202 valence electrons. The van der Waals surface area contributed by atoms with Gasteiger partial charge in [0, 0.05) is 41.9 Å². The van der Waals surface area contributed by atoms with E-state index in [1.54, 1.807) is 17.3 Å². The number of aliphatic hydroxyl groups is 1. The van der Waals surface area contributed by atoms with Crippen LogP contribution in [-0.4, -0.2) is 69.5 Å². The molecule has 0 bridgehead atoms. The van der Waals surface area contributed by atoms with Crippen molar-refractivity contribution in [3.05, 3.63) is 77.8 Å². The summed E-state index contributed by atoms with van der Waals surface area (Å²) >= 11 is 0. The van der Waals surface area contributed by atoms with Gasteiger partial charge in [-0.2, -0.15) is 9.61 Å². The molecule has 0 atom stereocenters. The van der Waals surface area contributed by atoms with E-state index in [0.29, 0.717) is 42.8 Å². The van der Waals surface area contributed by atoms with E-state index in [1.807, 2.05) is 36.4 Å². The number of amides is 1. The van der Waals surface area contributed by atoms with E-state index in [9.17, 15) is 14.7 Å². The first-order valence-corrected chi connectivity index (χ1v) is 12.9. The number of ketones is 1. The summed E-state index contributed by atoms with van der Waals surface area (Å²) in [6.07, 6.45) is 6.04. The lowest BCUT2D eigenvalue weighted by molar-refractivity contribution is 0.0699. The van der Waals surface area contributed by atoms with Gasteiger partial charge in [-0.25, -0.2) is 4.98 Å². The molecule has 40 heavy (non-hydrogen) atoms. The van der Waals surface area contributed by atoms with Crippen LogP contribution in [0.25, 0.3) is 28.0 Å². The molecule has 0 saturated carbocycles. The fourth-order valence-electron chi connectivity index (χ4n) is 5.26. The van der Waals surface area contributed by atoms with Gasteiger partial charge in [-0.05, 0) is 37.5 Å². The topological polar surface area (TPSA) is 168 Å². The van der Waals surface area contributed by atoms with Crippen LogP contribution in [0.2, 0.25) is 0 Å². The van der Waals surface area contributed by atoms with E-state index < -0.39 is 0 Å². The highest BCUT2D eigenvalue weighted by molar-refractivity contribution is 6.00. The highest BCUT2D eigenvalue weighted by Crippen LogP contribution is 2.35. The molecule has 4 N–H and O–H groups in total. The number of pyridine rings is 1. The van der Waals surface area contributed by atoms with Gasteiger partial charge in [0.05, 0.1) is 29.8 Å². The van der Waals surface area contributed by atoms with E-state index in [2.05, 4.69) is 25.3 Å². The minimum absolute atomic E-state index is 0.0389. The summed E-state index contributed by atoms with van der Waals surface area (Å²) in [4.78, 5) is 39.5. The molecule has 5 aromatic rings. The number of hydrogen-bond acceptors (Lipinski definition) is 9. The molecule has 1 aliphatic heterocycles. The van der Waals surface area contributed by atoms with Crippen LogP contribution in [0.4, 0.5) is 5.82 Å². The van der Waals surface area contributed by atoms with Crippen molar-refractivity contribution < 1.29 is 14.7 Å². The first-order valence-electron chi connectivity index (χ1n) is 12.9. The number of aromatic amines is 1. The Labute approximate surface area is 228 Å². The summed E-state index contributed by atoms with van der Waals surface area (Å²) in [6, 6.07) is 11.4. The molecular formula is C28H27N9O3. The van der Waals surface area contributed by atoms with Gasteiger partial charge in [-0.1, -0.05) is 24.3 Å². The number of Topliss-reactive ketones (excluding diaryl/α,β-unsaturated/α-hetero) is 1. The average molecular weight is 538 g/mol. The monoisotopic (exact) mass is 537 g/mol. The minimum atomic E-state index is -0.206. The number of aliphatic hydroxyl groups excluding tert-OH is 1. The quantitative estimate of drug-likeness (QED) is 0.276. The summed E-state index contributed by atoms with van der Waals surface area (Å²) in [7, 11) is 0. The number of nitrogen functional groups attached to an aromatic ring is 1. The standard InChI is InChI=1S/C28H27N9O3/c1-16(39)23-24(18-7-9-36(10-8-18)28(40)26-31-15-32-35-26)34-27-21(13-33-37(27)25(23)29)20-5-6-22(30-12-20)19-4-2-3-17(11-19)14-38/h2-6,11-13,15,18,38H,7-10,14,29H2,1H3,(H,31,32,35). The predicted octanol–water partition coefficient (Wildman–Crippen LogP) is 2.87. The number of likely N-dealkylation sites (tertiary alicyclic amines) is 1. The van der Waals surface area contributed by atoms with Crippen molar-refractivity contribution in [2.75, 3.05) is 18.8 Å². The summed E-state index contributed by atoms with van der Waals surface area (Å²) in [5.41, 5.74) is 12.1. The van der Waals surface area contributed by atoms with Gasteiger partial charge in [-0.3, -0.25) is 14.6 Å². The molecule has 0 unspecified atom stereocenters. The first-order chi connectivity index (χ1) is 19.4. The highest BCUT2D eigenvalue weighted by atomic mass is 16.3. The lowest BCUT2D eigenvalue weighted by atomic mass is 9.89. The van der Waals surface area contributed by atoms with Gasteiger partial charge < -0.3 is 20.7 Å². The second-order valence-corrected chi connectivity index (χ2v) is 9.80. The molecule has 1 saturated heterocycles. The van der Waals surface area contributed by atoms with Crippen LogP contribution in [0, 0.1) is 0 Å². The van der Waals surface area contributed by atoms with Crippen molar-refractivity contribution in [1.29, 1.82) is 0 Å². The number of nitrogens with zero attached hydrogens (tertiary/aromatic N) is 7. The molecule has 0 radical (unpaired) electrons.